The summed E-state index contributed by atoms with van der Waals surface area (Å²) in [5.41, 5.74) is 5.29. The lowest BCUT2D eigenvalue weighted by molar-refractivity contribution is -0.383. The number of nitrogens with two attached hydrogens (primary N) is 1. The monoisotopic (exact) mass is 310 g/mol. The number of carboxylic acids is 1. The second-order valence-corrected chi connectivity index (χ2v) is 5.00. The van der Waals surface area contributed by atoms with E-state index < -0.39 is 22.8 Å². The van der Waals surface area contributed by atoms with Crippen LogP contribution in [0.2, 0.25) is 0 Å². The summed E-state index contributed by atoms with van der Waals surface area (Å²) in [5, 5.41) is 25.0. The zero-order chi connectivity index (χ0) is 16.9. The molecule has 0 radical (unpaired) electrons. The van der Waals surface area contributed by atoms with Gasteiger partial charge in [0, 0.05) is 17.8 Å². The molecule has 22 heavy (non-hydrogen) atoms. The van der Waals surface area contributed by atoms with E-state index in [-0.39, 0.29) is 29.5 Å². The average Bonchev–Trinajstić information content (AvgIpc) is 2.39. The van der Waals surface area contributed by atoms with E-state index in [4.69, 9.17) is 10.8 Å². The lowest BCUT2D eigenvalue weighted by Gasteiger charge is -2.16. The van der Waals surface area contributed by atoms with Crippen molar-refractivity contribution in [3.05, 3.63) is 28.3 Å². The molecule has 0 bridgehead atoms. The number of rotatable bonds is 7. The number of carbonyl (C=O) groups is 2. The fourth-order valence-electron chi connectivity index (χ4n) is 1.80. The minimum absolute atomic E-state index is 0.0205. The first-order valence-electron chi connectivity index (χ1n) is 6.53. The summed E-state index contributed by atoms with van der Waals surface area (Å²) in [4.78, 5) is 33.0. The molecule has 0 spiro atoms. The molecule has 9 nitrogen and oxygen atoms in total. The molecular formula is C13H18N4O5. The molecule has 9 heteroatoms. The minimum Gasteiger partial charge on any atom is -0.480 e. The number of nitrogens with zero attached hydrogens (tertiary/aromatic N) is 1. The Kier molecular flexibility index (Phi) is 5.81. The van der Waals surface area contributed by atoms with Crippen molar-refractivity contribution < 1.29 is 19.6 Å². The normalized spacial score (nSPS) is 12.0. The Balaban J connectivity index is 2.78. The molecule has 0 fully saturated rings. The molecule has 120 valence electrons. The molecule has 0 unspecified atom stereocenters. The maximum Gasteiger partial charge on any atom is 0.321 e. The van der Waals surface area contributed by atoms with Crippen LogP contribution in [0.3, 0.4) is 0 Å². The van der Waals surface area contributed by atoms with Crippen molar-refractivity contribution >= 4 is 28.9 Å². The molecule has 1 atom stereocenters. The third kappa shape index (κ3) is 5.02. The van der Waals surface area contributed by atoms with Crippen molar-refractivity contribution in [3.8, 4) is 0 Å². The first-order chi connectivity index (χ1) is 10.2. The molecule has 1 rings (SSSR count). The van der Waals surface area contributed by atoms with Crippen LogP contribution in [-0.4, -0.2) is 34.0 Å². The summed E-state index contributed by atoms with van der Waals surface area (Å²) in [6, 6.07) is 2.69. The minimum atomic E-state index is -1.15. The summed E-state index contributed by atoms with van der Waals surface area (Å²) in [5.74, 6) is -1.72. The van der Waals surface area contributed by atoms with Gasteiger partial charge in [0.15, 0.2) is 0 Å². The lowest BCUT2D eigenvalue weighted by atomic mass is 10.1. The number of nitrogen functional groups attached to an aromatic ring is 1. The van der Waals surface area contributed by atoms with Gasteiger partial charge in [0.05, 0.1) is 11.3 Å². The average molecular weight is 310 g/mol. The van der Waals surface area contributed by atoms with Crippen LogP contribution >= 0.6 is 0 Å². The third-order valence-electron chi connectivity index (χ3n) is 2.73. The molecular weight excluding hydrogens is 292 g/mol. The van der Waals surface area contributed by atoms with Crippen LogP contribution in [-0.2, 0) is 9.59 Å². The van der Waals surface area contributed by atoms with Crippen LogP contribution < -0.4 is 16.4 Å². The second-order valence-electron chi connectivity index (χ2n) is 5.00. The highest BCUT2D eigenvalue weighted by atomic mass is 16.6. The molecule has 5 N–H and O–H groups in total. The Labute approximate surface area is 126 Å². The maximum atomic E-state index is 11.9. The third-order valence-corrected chi connectivity index (χ3v) is 2.73. The van der Waals surface area contributed by atoms with Crippen molar-refractivity contribution in [3.63, 3.8) is 0 Å². The molecule has 1 amide bonds. The number of amides is 1. The Morgan fingerprint density at radius 3 is 2.55 bits per heavy atom. The maximum absolute atomic E-state index is 11.9. The Morgan fingerprint density at radius 2 is 2.05 bits per heavy atom. The molecule has 0 saturated heterocycles. The van der Waals surface area contributed by atoms with E-state index in [1.165, 1.54) is 12.1 Å². The second kappa shape index (κ2) is 7.36. The van der Waals surface area contributed by atoms with Crippen molar-refractivity contribution in [1.82, 2.24) is 5.32 Å². The predicted octanol–water partition coefficient (Wildman–Crippen LogP) is 0.957. The number of benzene rings is 1. The van der Waals surface area contributed by atoms with Gasteiger partial charge in [0.1, 0.15) is 11.7 Å². The van der Waals surface area contributed by atoms with Crippen molar-refractivity contribution in [2.24, 2.45) is 0 Å². The number of nitro benzene ring substituents is 1. The van der Waals surface area contributed by atoms with Gasteiger partial charge in [-0.2, -0.15) is 0 Å². The first kappa shape index (κ1) is 17.4. The Morgan fingerprint density at radius 1 is 1.41 bits per heavy atom. The summed E-state index contributed by atoms with van der Waals surface area (Å²) in [7, 11) is 0. The summed E-state index contributed by atoms with van der Waals surface area (Å²) in [6.45, 7) is 3.52. The number of anilines is 2. The summed E-state index contributed by atoms with van der Waals surface area (Å²) < 4.78 is 0. The zero-order valence-electron chi connectivity index (χ0n) is 12.2. The number of hydrogen-bond donors (Lipinski definition) is 4. The van der Waals surface area contributed by atoms with Crippen LogP contribution in [0, 0.1) is 10.1 Å². The molecule has 0 aliphatic heterocycles. The van der Waals surface area contributed by atoms with Crippen molar-refractivity contribution in [2.45, 2.75) is 32.4 Å². The molecule has 1 aromatic rings. The lowest BCUT2D eigenvalue weighted by Crippen LogP contribution is -2.43. The summed E-state index contributed by atoms with van der Waals surface area (Å²) in [6.07, 6.45) is -0.300. The van der Waals surface area contributed by atoms with Gasteiger partial charge in [-0.15, -0.1) is 0 Å². The number of nitro groups is 1. The van der Waals surface area contributed by atoms with E-state index in [0.717, 1.165) is 6.07 Å². The van der Waals surface area contributed by atoms with Crippen LogP contribution in [0.25, 0.3) is 0 Å². The highest BCUT2D eigenvalue weighted by Crippen LogP contribution is 2.25. The number of carbonyl (C=O) groups excluding carboxylic acids is 1. The molecule has 0 aliphatic carbocycles. The van der Waals surface area contributed by atoms with Gasteiger partial charge in [-0.1, -0.05) is 13.8 Å². The van der Waals surface area contributed by atoms with Gasteiger partial charge in [-0.3, -0.25) is 19.7 Å². The smallest absolute Gasteiger partial charge is 0.321 e. The van der Waals surface area contributed by atoms with E-state index >= 15 is 0 Å². The standard InChI is InChI=1S/C13H18N4O5/c1-7(2)15-10(13(19)20)6-12(18)16-8-3-4-9(14)11(5-8)17(21)22/h3-5,7,10,15H,6,14H2,1-2H3,(H,16,18)(H,19,20)/t10-/m0/s1. The highest BCUT2D eigenvalue weighted by Gasteiger charge is 2.22. The van der Waals surface area contributed by atoms with Gasteiger partial charge >= 0.3 is 5.97 Å². The Hall–Kier alpha value is -2.68. The fourth-order valence-corrected chi connectivity index (χ4v) is 1.80. The summed E-state index contributed by atoms with van der Waals surface area (Å²) >= 11 is 0. The largest absolute Gasteiger partial charge is 0.480 e. The van der Waals surface area contributed by atoms with E-state index in [1.54, 1.807) is 13.8 Å². The molecule has 1 aromatic carbocycles. The van der Waals surface area contributed by atoms with E-state index in [9.17, 15) is 19.7 Å². The topological polar surface area (TPSA) is 148 Å². The van der Waals surface area contributed by atoms with Gasteiger partial charge in [0.2, 0.25) is 5.91 Å². The molecule has 0 aliphatic rings. The SMILES string of the molecule is CC(C)N[C@@H](CC(=O)Nc1ccc(N)c([N+](=O)[O-])c1)C(=O)O. The van der Waals surface area contributed by atoms with E-state index in [0.29, 0.717) is 0 Å². The molecule has 0 aromatic heterocycles. The van der Waals surface area contributed by atoms with Crippen LogP contribution in [0.1, 0.15) is 20.3 Å². The van der Waals surface area contributed by atoms with Crippen LogP contribution in [0.5, 0.6) is 0 Å². The van der Waals surface area contributed by atoms with Crippen molar-refractivity contribution in [1.29, 1.82) is 0 Å². The molecule has 0 heterocycles. The number of nitrogens with one attached hydrogen (secondary N) is 2. The predicted molar refractivity (Wildman–Crippen MR) is 80.5 cm³/mol. The number of carboxylic acid groups (broad SMARTS) is 1. The Bertz CT molecular complexity index is 588. The first-order valence-corrected chi connectivity index (χ1v) is 6.53. The fraction of sp³-hybridized carbons (Fsp3) is 0.385. The van der Waals surface area contributed by atoms with Gasteiger partial charge < -0.3 is 21.5 Å². The van der Waals surface area contributed by atoms with Gasteiger partial charge in [-0.05, 0) is 12.1 Å². The highest BCUT2D eigenvalue weighted by molar-refractivity contribution is 5.94. The van der Waals surface area contributed by atoms with Crippen LogP contribution in [0.4, 0.5) is 17.1 Å². The van der Waals surface area contributed by atoms with Gasteiger partial charge in [0.25, 0.3) is 5.69 Å². The van der Waals surface area contributed by atoms with Crippen LogP contribution in [0.15, 0.2) is 18.2 Å². The van der Waals surface area contributed by atoms with E-state index in [1.807, 2.05) is 0 Å². The number of aliphatic carboxylic acids is 1. The number of hydrogen-bond acceptors (Lipinski definition) is 6. The van der Waals surface area contributed by atoms with Crippen molar-refractivity contribution in [2.75, 3.05) is 11.1 Å². The quantitative estimate of drug-likeness (QED) is 0.333. The zero-order valence-corrected chi connectivity index (χ0v) is 12.2. The molecule has 0 saturated carbocycles. The van der Waals surface area contributed by atoms with Gasteiger partial charge in [-0.25, -0.2) is 0 Å². The van der Waals surface area contributed by atoms with E-state index in [2.05, 4.69) is 10.6 Å².